The summed E-state index contributed by atoms with van der Waals surface area (Å²) in [5.74, 6) is 0.129. The molecular formula is C15H23NO4. The van der Waals surface area contributed by atoms with Crippen LogP contribution in [0.2, 0.25) is 0 Å². The summed E-state index contributed by atoms with van der Waals surface area (Å²) in [4.78, 5) is 13.4. The number of anilines is 1. The molecule has 112 valence electrons. The van der Waals surface area contributed by atoms with Crippen molar-refractivity contribution in [2.45, 2.75) is 13.8 Å². The van der Waals surface area contributed by atoms with Crippen LogP contribution in [0.3, 0.4) is 0 Å². The quantitative estimate of drug-likeness (QED) is 0.793. The van der Waals surface area contributed by atoms with E-state index in [2.05, 4.69) is 13.8 Å². The van der Waals surface area contributed by atoms with Crippen molar-refractivity contribution in [1.82, 2.24) is 0 Å². The number of nitrogens with zero attached hydrogens (tertiary/aromatic N) is 1. The maximum Gasteiger partial charge on any atom is 0.337 e. The molecule has 1 aromatic rings. The Morgan fingerprint density at radius 2 is 2.05 bits per heavy atom. The van der Waals surface area contributed by atoms with Crippen molar-refractivity contribution < 1.29 is 19.4 Å². The Morgan fingerprint density at radius 3 is 2.55 bits per heavy atom. The van der Waals surface area contributed by atoms with Gasteiger partial charge in [0.15, 0.2) is 0 Å². The predicted molar refractivity (Wildman–Crippen MR) is 78.9 cm³/mol. The van der Waals surface area contributed by atoms with Gasteiger partial charge in [-0.1, -0.05) is 13.8 Å². The molecule has 5 nitrogen and oxygen atoms in total. The number of hydrogen-bond donors (Lipinski definition) is 1. The minimum Gasteiger partial charge on any atom is -0.497 e. The lowest BCUT2D eigenvalue weighted by atomic mass is 10.1. The molecule has 1 aromatic carbocycles. The normalized spacial score (nSPS) is 10.7. The monoisotopic (exact) mass is 281 g/mol. The summed E-state index contributed by atoms with van der Waals surface area (Å²) in [6.45, 7) is 6.14. The van der Waals surface area contributed by atoms with Crippen LogP contribution in [0.4, 0.5) is 5.69 Å². The lowest BCUT2D eigenvalue weighted by Crippen LogP contribution is -2.32. The van der Waals surface area contributed by atoms with Crippen LogP contribution in [-0.4, -0.2) is 45.0 Å². The van der Waals surface area contributed by atoms with Gasteiger partial charge < -0.3 is 19.5 Å². The summed E-state index contributed by atoms with van der Waals surface area (Å²) in [6, 6.07) is 5.01. The van der Waals surface area contributed by atoms with E-state index in [1.165, 1.54) is 0 Å². The van der Waals surface area contributed by atoms with E-state index in [4.69, 9.17) is 9.47 Å². The van der Waals surface area contributed by atoms with Gasteiger partial charge in [-0.2, -0.15) is 0 Å². The average molecular weight is 281 g/mol. The van der Waals surface area contributed by atoms with E-state index in [0.29, 0.717) is 30.5 Å². The zero-order valence-electron chi connectivity index (χ0n) is 12.5. The Labute approximate surface area is 120 Å². The van der Waals surface area contributed by atoms with Crippen LogP contribution in [0.25, 0.3) is 0 Å². The number of methoxy groups -OCH3 is 2. The number of carboxylic acids is 1. The van der Waals surface area contributed by atoms with Crippen molar-refractivity contribution in [3.05, 3.63) is 23.8 Å². The van der Waals surface area contributed by atoms with Crippen LogP contribution in [0.1, 0.15) is 24.2 Å². The number of ether oxygens (including phenoxy) is 2. The van der Waals surface area contributed by atoms with Crippen molar-refractivity contribution in [1.29, 1.82) is 0 Å². The van der Waals surface area contributed by atoms with E-state index in [-0.39, 0.29) is 5.56 Å². The molecule has 5 heteroatoms. The van der Waals surface area contributed by atoms with Crippen LogP contribution >= 0.6 is 0 Å². The molecule has 0 atom stereocenters. The number of rotatable bonds is 8. The molecule has 0 bridgehead atoms. The fourth-order valence-corrected chi connectivity index (χ4v) is 2.03. The highest BCUT2D eigenvalue weighted by Crippen LogP contribution is 2.27. The minimum absolute atomic E-state index is 0.280. The Hall–Kier alpha value is -1.75. The summed E-state index contributed by atoms with van der Waals surface area (Å²) in [5, 5.41) is 9.34. The van der Waals surface area contributed by atoms with E-state index >= 15 is 0 Å². The van der Waals surface area contributed by atoms with Gasteiger partial charge in [-0.15, -0.1) is 0 Å². The van der Waals surface area contributed by atoms with E-state index in [0.717, 1.165) is 6.54 Å². The third-order valence-corrected chi connectivity index (χ3v) is 2.93. The molecule has 0 aliphatic rings. The first-order valence-electron chi connectivity index (χ1n) is 6.64. The zero-order valence-corrected chi connectivity index (χ0v) is 12.5. The lowest BCUT2D eigenvalue weighted by Gasteiger charge is -2.28. The van der Waals surface area contributed by atoms with Gasteiger partial charge in [0, 0.05) is 26.3 Å². The van der Waals surface area contributed by atoms with Crippen LogP contribution in [0.5, 0.6) is 5.75 Å². The number of benzene rings is 1. The second-order valence-corrected chi connectivity index (χ2v) is 5.02. The van der Waals surface area contributed by atoms with Crippen LogP contribution in [0.15, 0.2) is 18.2 Å². The number of carboxylic acid groups (broad SMARTS) is 1. The molecule has 0 saturated carbocycles. The van der Waals surface area contributed by atoms with E-state index in [9.17, 15) is 9.90 Å². The third-order valence-electron chi connectivity index (χ3n) is 2.93. The first kappa shape index (κ1) is 16.3. The molecule has 1 rings (SSSR count). The number of hydrogen-bond acceptors (Lipinski definition) is 4. The summed E-state index contributed by atoms with van der Waals surface area (Å²) < 4.78 is 10.3. The molecule has 1 N–H and O–H groups in total. The van der Waals surface area contributed by atoms with Gasteiger partial charge in [0.2, 0.25) is 0 Å². The Kier molecular flexibility index (Phi) is 6.31. The fourth-order valence-electron chi connectivity index (χ4n) is 2.03. The summed E-state index contributed by atoms with van der Waals surface area (Å²) in [7, 11) is 3.21. The molecule has 0 saturated heterocycles. The van der Waals surface area contributed by atoms with Crippen molar-refractivity contribution in [2.24, 2.45) is 5.92 Å². The molecule has 0 unspecified atom stereocenters. The van der Waals surface area contributed by atoms with E-state index in [1.807, 2.05) is 4.90 Å². The highest BCUT2D eigenvalue weighted by molar-refractivity contribution is 5.94. The van der Waals surface area contributed by atoms with Gasteiger partial charge >= 0.3 is 5.97 Å². The van der Waals surface area contributed by atoms with Crippen LogP contribution in [-0.2, 0) is 4.74 Å². The summed E-state index contributed by atoms with van der Waals surface area (Å²) in [5.41, 5.74) is 0.949. The largest absolute Gasteiger partial charge is 0.497 e. The SMILES string of the molecule is COCCN(CC(C)C)c1cc(OC)ccc1C(=O)O. The molecule has 0 amide bonds. The van der Waals surface area contributed by atoms with Gasteiger partial charge in [0.05, 0.1) is 25.0 Å². The second kappa shape index (κ2) is 7.75. The third kappa shape index (κ3) is 4.42. The van der Waals surface area contributed by atoms with Crippen LogP contribution < -0.4 is 9.64 Å². The Morgan fingerprint density at radius 1 is 1.35 bits per heavy atom. The lowest BCUT2D eigenvalue weighted by molar-refractivity contribution is 0.0697. The van der Waals surface area contributed by atoms with Crippen LogP contribution in [0, 0.1) is 5.92 Å². The maximum absolute atomic E-state index is 11.4. The Balaban J connectivity index is 3.16. The molecule has 0 spiro atoms. The first-order chi connectivity index (χ1) is 9.49. The minimum atomic E-state index is -0.936. The number of aromatic carboxylic acids is 1. The molecule has 0 heterocycles. The smallest absolute Gasteiger partial charge is 0.337 e. The molecule has 0 aliphatic carbocycles. The fraction of sp³-hybridized carbons (Fsp3) is 0.533. The molecule has 0 fully saturated rings. The second-order valence-electron chi connectivity index (χ2n) is 5.02. The highest BCUT2D eigenvalue weighted by Gasteiger charge is 2.18. The Bertz CT molecular complexity index is 445. The van der Waals surface area contributed by atoms with Crippen molar-refractivity contribution >= 4 is 11.7 Å². The zero-order chi connectivity index (χ0) is 15.1. The van der Waals surface area contributed by atoms with Gasteiger partial charge in [-0.3, -0.25) is 0 Å². The molecular weight excluding hydrogens is 258 g/mol. The van der Waals surface area contributed by atoms with Crippen molar-refractivity contribution in [3.63, 3.8) is 0 Å². The standard InChI is InChI=1S/C15H23NO4/c1-11(2)10-16(7-8-19-3)14-9-12(20-4)5-6-13(14)15(17)18/h5-6,9,11H,7-8,10H2,1-4H3,(H,17,18). The van der Waals surface area contributed by atoms with E-state index in [1.54, 1.807) is 32.4 Å². The highest BCUT2D eigenvalue weighted by atomic mass is 16.5. The van der Waals surface area contributed by atoms with Gasteiger partial charge in [0.1, 0.15) is 5.75 Å². The van der Waals surface area contributed by atoms with Gasteiger partial charge in [-0.25, -0.2) is 4.79 Å². The van der Waals surface area contributed by atoms with Crippen molar-refractivity contribution in [3.8, 4) is 5.75 Å². The topological polar surface area (TPSA) is 59.0 Å². The molecule has 20 heavy (non-hydrogen) atoms. The molecule has 0 aromatic heterocycles. The molecule has 0 radical (unpaired) electrons. The van der Waals surface area contributed by atoms with E-state index < -0.39 is 5.97 Å². The van der Waals surface area contributed by atoms with Gasteiger partial charge in [-0.05, 0) is 18.1 Å². The predicted octanol–water partition coefficient (Wildman–Crippen LogP) is 2.50. The maximum atomic E-state index is 11.4. The molecule has 0 aliphatic heterocycles. The summed E-state index contributed by atoms with van der Waals surface area (Å²) >= 11 is 0. The summed E-state index contributed by atoms with van der Waals surface area (Å²) in [6.07, 6.45) is 0. The van der Waals surface area contributed by atoms with Gasteiger partial charge in [0.25, 0.3) is 0 Å². The number of carbonyl (C=O) groups is 1. The first-order valence-corrected chi connectivity index (χ1v) is 6.64. The average Bonchev–Trinajstić information content (AvgIpc) is 2.42. The van der Waals surface area contributed by atoms with Crippen molar-refractivity contribution in [2.75, 3.05) is 38.8 Å².